The SMILES string of the molecule is CC(C)(C)CCC(=O)COCC(F)(F)C(F)F. The van der Waals surface area contributed by atoms with Crippen molar-refractivity contribution in [2.45, 2.75) is 46.0 Å². The summed E-state index contributed by atoms with van der Waals surface area (Å²) >= 11 is 0. The molecule has 6 heteroatoms. The first-order chi connectivity index (χ1) is 7.54. The van der Waals surface area contributed by atoms with Crippen LogP contribution in [0, 0.1) is 5.41 Å². The Kier molecular flexibility index (Phi) is 6.09. The predicted octanol–water partition coefficient (Wildman–Crippen LogP) is 3.30. The molecule has 0 spiro atoms. The molecule has 0 heterocycles. The van der Waals surface area contributed by atoms with E-state index in [4.69, 9.17) is 0 Å². The second kappa shape index (κ2) is 6.33. The molecule has 0 aliphatic rings. The average molecular weight is 258 g/mol. The van der Waals surface area contributed by atoms with Crippen molar-refractivity contribution in [1.29, 1.82) is 0 Å². The van der Waals surface area contributed by atoms with Crippen molar-refractivity contribution in [3.8, 4) is 0 Å². The van der Waals surface area contributed by atoms with E-state index >= 15 is 0 Å². The van der Waals surface area contributed by atoms with E-state index in [1.165, 1.54) is 0 Å². The first-order valence-electron chi connectivity index (χ1n) is 5.30. The van der Waals surface area contributed by atoms with Gasteiger partial charge in [0.05, 0.1) is 0 Å². The molecule has 0 aliphatic heterocycles. The van der Waals surface area contributed by atoms with Gasteiger partial charge in [0.2, 0.25) is 0 Å². The normalized spacial score (nSPS) is 13.2. The molecule has 0 aromatic rings. The number of halogens is 4. The van der Waals surface area contributed by atoms with E-state index in [9.17, 15) is 22.4 Å². The number of hydrogen-bond donors (Lipinski definition) is 0. The molecule has 0 amide bonds. The van der Waals surface area contributed by atoms with Gasteiger partial charge in [0.1, 0.15) is 13.2 Å². The Balaban J connectivity index is 3.80. The summed E-state index contributed by atoms with van der Waals surface area (Å²) < 4.78 is 52.5. The van der Waals surface area contributed by atoms with Crippen LogP contribution < -0.4 is 0 Å². The molecule has 0 fully saturated rings. The number of hydrogen-bond acceptors (Lipinski definition) is 2. The van der Waals surface area contributed by atoms with Gasteiger partial charge in [-0.1, -0.05) is 20.8 Å². The Morgan fingerprint density at radius 1 is 1.24 bits per heavy atom. The molecule has 0 aromatic carbocycles. The average Bonchev–Trinajstić information content (AvgIpc) is 2.13. The zero-order valence-electron chi connectivity index (χ0n) is 10.2. The number of carbonyl (C=O) groups excluding carboxylic acids is 1. The number of rotatable bonds is 7. The zero-order chi connectivity index (χ0) is 13.7. The van der Waals surface area contributed by atoms with Gasteiger partial charge in [-0.05, 0) is 11.8 Å². The van der Waals surface area contributed by atoms with Gasteiger partial charge in [-0.3, -0.25) is 4.79 Å². The van der Waals surface area contributed by atoms with Gasteiger partial charge in [0.15, 0.2) is 5.78 Å². The van der Waals surface area contributed by atoms with Gasteiger partial charge in [-0.2, -0.15) is 8.78 Å². The van der Waals surface area contributed by atoms with Gasteiger partial charge >= 0.3 is 12.3 Å². The van der Waals surface area contributed by atoms with E-state index in [1.54, 1.807) is 0 Å². The van der Waals surface area contributed by atoms with E-state index in [0.717, 1.165) is 0 Å². The number of carbonyl (C=O) groups is 1. The molecule has 0 unspecified atom stereocenters. The molecule has 0 saturated heterocycles. The first kappa shape index (κ1) is 16.4. The van der Waals surface area contributed by atoms with Crippen LogP contribution in [0.2, 0.25) is 0 Å². The highest BCUT2D eigenvalue weighted by Gasteiger charge is 2.41. The van der Waals surface area contributed by atoms with Crippen LogP contribution in [0.15, 0.2) is 0 Å². The first-order valence-corrected chi connectivity index (χ1v) is 5.30. The molecule has 17 heavy (non-hydrogen) atoms. The third-order valence-electron chi connectivity index (χ3n) is 2.03. The van der Waals surface area contributed by atoms with Gasteiger partial charge in [0, 0.05) is 6.42 Å². The summed E-state index contributed by atoms with van der Waals surface area (Å²) in [6.45, 7) is 3.84. The van der Waals surface area contributed by atoms with Crippen LogP contribution in [-0.2, 0) is 9.53 Å². The molecular weight excluding hydrogens is 240 g/mol. The van der Waals surface area contributed by atoms with Crippen molar-refractivity contribution < 1.29 is 27.1 Å². The second-order valence-electron chi connectivity index (χ2n) is 5.15. The minimum absolute atomic E-state index is 0.0391. The predicted molar refractivity (Wildman–Crippen MR) is 55.5 cm³/mol. The molecule has 0 aliphatic carbocycles. The molecule has 0 radical (unpaired) electrons. The van der Waals surface area contributed by atoms with Crippen molar-refractivity contribution in [3.05, 3.63) is 0 Å². The summed E-state index contributed by atoms with van der Waals surface area (Å²) in [5.74, 6) is -4.55. The van der Waals surface area contributed by atoms with Gasteiger partial charge < -0.3 is 4.74 Å². The summed E-state index contributed by atoms with van der Waals surface area (Å²) in [6.07, 6.45) is -2.98. The van der Waals surface area contributed by atoms with Crippen molar-refractivity contribution in [3.63, 3.8) is 0 Å². The summed E-state index contributed by atoms with van der Waals surface area (Å²) in [6, 6.07) is 0. The van der Waals surface area contributed by atoms with Crippen LogP contribution in [0.4, 0.5) is 17.6 Å². The fourth-order valence-corrected chi connectivity index (χ4v) is 0.951. The lowest BCUT2D eigenvalue weighted by molar-refractivity contribution is -0.168. The number of Topliss-reactive ketones (excluding diaryl/α,β-unsaturated/α-hetero) is 1. The number of ketones is 1. The molecular formula is C11H18F4O2. The lowest BCUT2D eigenvalue weighted by atomic mass is 9.90. The van der Waals surface area contributed by atoms with Crippen LogP contribution in [0.25, 0.3) is 0 Å². The molecule has 0 aromatic heterocycles. The molecule has 2 nitrogen and oxygen atoms in total. The molecule has 0 bridgehead atoms. The highest BCUT2D eigenvalue weighted by atomic mass is 19.3. The quantitative estimate of drug-likeness (QED) is 0.655. The van der Waals surface area contributed by atoms with Crippen LogP contribution in [0.5, 0.6) is 0 Å². The highest BCUT2D eigenvalue weighted by molar-refractivity contribution is 5.79. The van der Waals surface area contributed by atoms with Gasteiger partial charge in [-0.25, -0.2) is 8.78 Å². The Morgan fingerprint density at radius 3 is 2.18 bits per heavy atom. The molecule has 102 valence electrons. The Hall–Kier alpha value is -0.650. The Morgan fingerprint density at radius 2 is 1.76 bits per heavy atom. The smallest absolute Gasteiger partial charge is 0.330 e. The van der Waals surface area contributed by atoms with E-state index in [1.807, 2.05) is 20.8 Å². The lowest BCUT2D eigenvalue weighted by Gasteiger charge is -2.17. The lowest BCUT2D eigenvalue weighted by Crippen LogP contribution is -2.33. The molecule has 0 atom stereocenters. The van der Waals surface area contributed by atoms with Gasteiger partial charge in [0.25, 0.3) is 0 Å². The Bertz CT molecular complexity index is 246. The summed E-state index contributed by atoms with van der Waals surface area (Å²) in [4.78, 5) is 11.2. The maximum absolute atomic E-state index is 12.4. The monoisotopic (exact) mass is 258 g/mol. The molecule has 0 rings (SSSR count). The Labute approximate surface area is 98.3 Å². The topological polar surface area (TPSA) is 26.3 Å². The summed E-state index contributed by atoms with van der Waals surface area (Å²) in [5, 5.41) is 0. The van der Waals surface area contributed by atoms with E-state index < -0.39 is 25.6 Å². The maximum Gasteiger partial charge on any atom is 0.330 e. The van der Waals surface area contributed by atoms with E-state index in [2.05, 4.69) is 4.74 Å². The van der Waals surface area contributed by atoms with Gasteiger partial charge in [-0.15, -0.1) is 0 Å². The number of alkyl halides is 4. The van der Waals surface area contributed by atoms with Crippen molar-refractivity contribution in [1.82, 2.24) is 0 Å². The third-order valence-corrected chi connectivity index (χ3v) is 2.03. The maximum atomic E-state index is 12.4. The van der Waals surface area contributed by atoms with Crippen LogP contribution in [-0.4, -0.2) is 31.3 Å². The fraction of sp³-hybridized carbons (Fsp3) is 0.909. The third kappa shape index (κ3) is 8.12. The van der Waals surface area contributed by atoms with Crippen molar-refractivity contribution in [2.75, 3.05) is 13.2 Å². The van der Waals surface area contributed by atoms with E-state index in [0.29, 0.717) is 6.42 Å². The summed E-state index contributed by atoms with van der Waals surface area (Å²) in [7, 11) is 0. The fourth-order valence-electron chi connectivity index (χ4n) is 0.951. The highest BCUT2D eigenvalue weighted by Crippen LogP contribution is 2.23. The standard InChI is InChI=1S/C11H18F4O2/c1-10(2,3)5-4-8(16)6-17-7-11(14,15)9(12)13/h9H,4-7H2,1-3H3. The van der Waals surface area contributed by atoms with Crippen molar-refractivity contribution in [2.24, 2.45) is 5.41 Å². The zero-order valence-corrected chi connectivity index (χ0v) is 10.2. The molecule has 0 saturated carbocycles. The largest absolute Gasteiger partial charge is 0.367 e. The van der Waals surface area contributed by atoms with Crippen LogP contribution in [0.1, 0.15) is 33.6 Å². The number of ether oxygens (including phenoxy) is 1. The van der Waals surface area contributed by atoms with Crippen molar-refractivity contribution >= 4 is 5.78 Å². The summed E-state index contributed by atoms with van der Waals surface area (Å²) in [5.41, 5.74) is -0.0391. The van der Waals surface area contributed by atoms with E-state index in [-0.39, 0.29) is 17.6 Å². The van der Waals surface area contributed by atoms with Crippen LogP contribution >= 0.6 is 0 Å². The molecule has 0 N–H and O–H groups in total. The van der Waals surface area contributed by atoms with Crippen LogP contribution in [0.3, 0.4) is 0 Å². The minimum Gasteiger partial charge on any atom is -0.367 e. The second-order valence-corrected chi connectivity index (χ2v) is 5.15. The minimum atomic E-state index is -4.19.